The first-order valence-corrected chi connectivity index (χ1v) is 10.2. The van der Waals surface area contributed by atoms with Crippen molar-refractivity contribution in [3.8, 4) is 0 Å². The maximum absolute atomic E-state index is 12.6. The molecule has 0 radical (unpaired) electrons. The number of nitrogens with one attached hydrogen (secondary N) is 1. The average molecular weight is 377 g/mol. The lowest BCUT2D eigenvalue weighted by atomic mass is 10.1. The topological polar surface area (TPSA) is 92.5 Å². The van der Waals surface area contributed by atoms with Crippen molar-refractivity contribution in [2.75, 3.05) is 18.4 Å². The van der Waals surface area contributed by atoms with Gasteiger partial charge in [0.25, 0.3) is 0 Å². The van der Waals surface area contributed by atoms with Crippen LogP contribution in [-0.4, -0.2) is 36.9 Å². The van der Waals surface area contributed by atoms with Crippen molar-refractivity contribution in [2.24, 2.45) is 0 Å². The highest BCUT2D eigenvalue weighted by molar-refractivity contribution is 7.89. The van der Waals surface area contributed by atoms with Crippen molar-refractivity contribution in [1.82, 2.24) is 9.46 Å². The van der Waals surface area contributed by atoms with Crippen LogP contribution in [0.2, 0.25) is 0 Å². The average Bonchev–Trinajstić information content (AvgIpc) is 3.06. The molecule has 7 nitrogen and oxygen atoms in total. The van der Waals surface area contributed by atoms with Gasteiger partial charge in [-0.15, -0.1) is 0 Å². The molecule has 140 valence electrons. The summed E-state index contributed by atoms with van der Waals surface area (Å²) in [7, 11) is -3.41. The van der Waals surface area contributed by atoms with E-state index in [0.29, 0.717) is 36.0 Å². The molecule has 2 aromatic rings. The van der Waals surface area contributed by atoms with Crippen LogP contribution in [0.3, 0.4) is 0 Å². The second-order valence-electron chi connectivity index (χ2n) is 6.48. The first-order valence-electron chi connectivity index (χ1n) is 8.77. The first kappa shape index (κ1) is 18.6. The number of benzene rings is 1. The van der Waals surface area contributed by atoms with Crippen LogP contribution in [0, 0.1) is 6.92 Å². The van der Waals surface area contributed by atoms with Crippen LogP contribution >= 0.6 is 0 Å². The summed E-state index contributed by atoms with van der Waals surface area (Å²) in [6, 6.07) is 8.43. The van der Waals surface area contributed by atoms with Gasteiger partial charge < -0.3 is 9.84 Å². The van der Waals surface area contributed by atoms with E-state index in [2.05, 4.69) is 10.5 Å². The standard InChI is InChI=1S/C18H23N3O4S/c1-14-13-17(20-25-14)19-18(22)10-7-15-5-8-16(9-6-15)26(23,24)21-11-3-2-4-12-21/h5-6,8-9,13H,2-4,7,10-12H2,1H3,(H,19,20,22). The van der Waals surface area contributed by atoms with Crippen molar-refractivity contribution in [1.29, 1.82) is 0 Å². The zero-order valence-corrected chi connectivity index (χ0v) is 15.6. The van der Waals surface area contributed by atoms with Crippen LogP contribution in [-0.2, 0) is 21.2 Å². The fraction of sp³-hybridized carbons (Fsp3) is 0.444. The molecule has 0 atom stereocenters. The highest BCUT2D eigenvalue weighted by Gasteiger charge is 2.25. The maximum atomic E-state index is 12.6. The summed E-state index contributed by atoms with van der Waals surface area (Å²) in [5, 5.41) is 6.38. The van der Waals surface area contributed by atoms with Gasteiger partial charge in [0.05, 0.1) is 4.90 Å². The molecule has 1 amide bonds. The molecule has 0 bridgehead atoms. The number of carbonyl (C=O) groups is 1. The van der Waals surface area contributed by atoms with Gasteiger partial charge in [0.15, 0.2) is 5.82 Å². The Hall–Kier alpha value is -2.19. The van der Waals surface area contributed by atoms with Crippen molar-refractivity contribution in [2.45, 2.75) is 43.9 Å². The summed E-state index contributed by atoms with van der Waals surface area (Å²) in [5.74, 6) is 0.865. The number of aromatic nitrogens is 1. The number of nitrogens with zero attached hydrogens (tertiary/aromatic N) is 2. The summed E-state index contributed by atoms with van der Waals surface area (Å²) in [5.41, 5.74) is 0.911. The molecular weight excluding hydrogens is 354 g/mol. The maximum Gasteiger partial charge on any atom is 0.243 e. The number of carbonyl (C=O) groups excluding carboxylic acids is 1. The number of anilines is 1. The second kappa shape index (κ2) is 8.01. The van der Waals surface area contributed by atoms with Gasteiger partial charge in [-0.1, -0.05) is 23.7 Å². The number of rotatable bonds is 6. The van der Waals surface area contributed by atoms with Gasteiger partial charge in [-0.2, -0.15) is 4.31 Å². The fourth-order valence-corrected chi connectivity index (χ4v) is 4.49. The van der Waals surface area contributed by atoms with Crippen molar-refractivity contribution in [3.63, 3.8) is 0 Å². The van der Waals surface area contributed by atoms with E-state index in [0.717, 1.165) is 24.8 Å². The van der Waals surface area contributed by atoms with E-state index in [9.17, 15) is 13.2 Å². The number of sulfonamides is 1. The number of hydrogen-bond acceptors (Lipinski definition) is 5. The first-order chi connectivity index (χ1) is 12.4. The number of piperidine rings is 1. The SMILES string of the molecule is Cc1cc(NC(=O)CCc2ccc(S(=O)(=O)N3CCCCC3)cc2)no1. The summed E-state index contributed by atoms with van der Waals surface area (Å²) in [4.78, 5) is 12.2. The fourth-order valence-electron chi connectivity index (χ4n) is 2.97. The molecule has 0 spiro atoms. The van der Waals surface area contributed by atoms with E-state index in [4.69, 9.17) is 4.52 Å². The summed E-state index contributed by atoms with van der Waals surface area (Å²) in [6.07, 6.45) is 3.71. The third-order valence-corrected chi connectivity index (χ3v) is 6.33. The predicted octanol–water partition coefficient (Wildman–Crippen LogP) is 2.73. The molecule has 1 aromatic heterocycles. The quantitative estimate of drug-likeness (QED) is 0.835. The molecule has 8 heteroatoms. The highest BCUT2D eigenvalue weighted by Crippen LogP contribution is 2.21. The van der Waals surface area contributed by atoms with Gasteiger partial charge in [-0.3, -0.25) is 4.79 Å². The Bertz CT molecular complexity index is 853. The Labute approximate surface area is 153 Å². The van der Waals surface area contributed by atoms with Gasteiger partial charge in [-0.25, -0.2) is 8.42 Å². The molecule has 2 heterocycles. The van der Waals surface area contributed by atoms with Crippen LogP contribution in [0.15, 0.2) is 39.8 Å². The minimum atomic E-state index is -3.41. The van der Waals surface area contributed by atoms with Crippen LogP contribution in [0.4, 0.5) is 5.82 Å². The lowest BCUT2D eigenvalue weighted by Gasteiger charge is -2.25. The molecule has 0 unspecified atom stereocenters. The normalized spacial score (nSPS) is 15.7. The zero-order chi connectivity index (χ0) is 18.6. The predicted molar refractivity (Wildman–Crippen MR) is 97.2 cm³/mol. The van der Waals surface area contributed by atoms with Crippen LogP contribution in [0.5, 0.6) is 0 Å². The number of hydrogen-bond donors (Lipinski definition) is 1. The van der Waals surface area contributed by atoms with Crippen LogP contribution in [0.25, 0.3) is 0 Å². The van der Waals surface area contributed by atoms with Crippen molar-refractivity contribution in [3.05, 3.63) is 41.7 Å². The molecule has 1 saturated heterocycles. The molecule has 1 aromatic carbocycles. The van der Waals surface area contributed by atoms with Gasteiger partial charge in [0, 0.05) is 25.6 Å². The molecule has 1 N–H and O–H groups in total. The number of amides is 1. The molecule has 1 aliphatic rings. The minimum absolute atomic E-state index is 0.164. The molecular formula is C18H23N3O4S. The molecule has 1 aliphatic heterocycles. The lowest BCUT2D eigenvalue weighted by Crippen LogP contribution is -2.35. The van der Waals surface area contributed by atoms with Crippen LogP contribution in [0.1, 0.15) is 37.0 Å². The zero-order valence-electron chi connectivity index (χ0n) is 14.8. The minimum Gasteiger partial charge on any atom is -0.360 e. The molecule has 26 heavy (non-hydrogen) atoms. The Morgan fingerprint density at radius 1 is 1.19 bits per heavy atom. The third kappa shape index (κ3) is 4.50. The van der Waals surface area contributed by atoms with E-state index < -0.39 is 10.0 Å². The molecule has 0 saturated carbocycles. The molecule has 1 fully saturated rings. The molecule has 3 rings (SSSR count). The van der Waals surface area contributed by atoms with Crippen molar-refractivity contribution < 1.29 is 17.7 Å². The van der Waals surface area contributed by atoms with E-state index in [1.165, 1.54) is 0 Å². The monoisotopic (exact) mass is 377 g/mol. The van der Waals surface area contributed by atoms with Crippen LogP contribution < -0.4 is 5.32 Å². The largest absolute Gasteiger partial charge is 0.360 e. The molecule has 0 aliphatic carbocycles. The van der Waals surface area contributed by atoms with Crippen molar-refractivity contribution >= 4 is 21.7 Å². The summed E-state index contributed by atoms with van der Waals surface area (Å²) < 4.78 is 31.7. The summed E-state index contributed by atoms with van der Waals surface area (Å²) >= 11 is 0. The smallest absolute Gasteiger partial charge is 0.243 e. The number of aryl methyl sites for hydroxylation is 2. The van der Waals surface area contributed by atoms with Gasteiger partial charge in [-0.05, 0) is 43.9 Å². The van der Waals surface area contributed by atoms with E-state index >= 15 is 0 Å². The lowest BCUT2D eigenvalue weighted by molar-refractivity contribution is -0.116. The van der Waals surface area contributed by atoms with E-state index in [1.807, 2.05) is 0 Å². The Kier molecular flexibility index (Phi) is 5.73. The second-order valence-corrected chi connectivity index (χ2v) is 8.42. The Balaban J connectivity index is 1.56. The summed E-state index contributed by atoms with van der Waals surface area (Å²) in [6.45, 7) is 2.93. The Morgan fingerprint density at radius 2 is 1.88 bits per heavy atom. The third-order valence-electron chi connectivity index (χ3n) is 4.41. The van der Waals surface area contributed by atoms with E-state index in [-0.39, 0.29) is 12.3 Å². The van der Waals surface area contributed by atoms with Gasteiger partial charge in [0.1, 0.15) is 5.76 Å². The Morgan fingerprint density at radius 3 is 2.50 bits per heavy atom. The van der Waals surface area contributed by atoms with Gasteiger partial charge >= 0.3 is 0 Å². The van der Waals surface area contributed by atoms with E-state index in [1.54, 1.807) is 41.6 Å². The van der Waals surface area contributed by atoms with Gasteiger partial charge in [0.2, 0.25) is 15.9 Å². The highest BCUT2D eigenvalue weighted by atomic mass is 32.2.